The fourth-order valence-corrected chi connectivity index (χ4v) is 2.00. The first-order valence-corrected chi connectivity index (χ1v) is 6.42. The van der Waals surface area contributed by atoms with E-state index >= 15 is 0 Å². The van der Waals surface area contributed by atoms with Crippen molar-refractivity contribution in [3.05, 3.63) is 33.4 Å². The minimum absolute atomic E-state index is 0.0941. The highest BCUT2D eigenvalue weighted by Gasteiger charge is 2.18. The van der Waals surface area contributed by atoms with Crippen molar-refractivity contribution in [2.75, 3.05) is 20.1 Å². The molecule has 0 heterocycles. The first-order valence-electron chi connectivity index (χ1n) is 5.34. The van der Waals surface area contributed by atoms with Crippen molar-refractivity contribution in [1.29, 1.82) is 0 Å². The molecule has 0 aliphatic heterocycles. The third-order valence-corrected chi connectivity index (χ3v) is 3.33. The van der Waals surface area contributed by atoms with Gasteiger partial charge in [-0.3, -0.25) is 9.59 Å². The summed E-state index contributed by atoms with van der Waals surface area (Å²) in [6, 6.07) is 7.36. The van der Waals surface area contributed by atoms with Gasteiger partial charge in [-0.2, -0.15) is 0 Å². The Kier molecular flexibility index (Phi) is 5.40. The molecule has 0 fully saturated rings. The van der Waals surface area contributed by atoms with Crippen LogP contribution in [0.5, 0.6) is 0 Å². The number of likely N-dealkylation sites (N-methyl/N-ethyl adjacent to an activating group) is 2. The quantitative estimate of drug-likeness (QED) is 0.840. The van der Waals surface area contributed by atoms with Crippen LogP contribution in [0.3, 0.4) is 0 Å². The van der Waals surface area contributed by atoms with Gasteiger partial charge in [0.15, 0.2) is 0 Å². The highest BCUT2D eigenvalue weighted by atomic mass is 127. The second-order valence-electron chi connectivity index (χ2n) is 3.47. The van der Waals surface area contributed by atoms with Crippen molar-refractivity contribution in [1.82, 2.24) is 10.2 Å². The predicted molar refractivity (Wildman–Crippen MR) is 74.8 cm³/mol. The summed E-state index contributed by atoms with van der Waals surface area (Å²) >= 11 is 2.12. The topological polar surface area (TPSA) is 49.4 Å². The lowest BCUT2D eigenvalue weighted by atomic mass is 10.2. The number of carbonyl (C=O) groups is 2. The zero-order valence-electron chi connectivity index (χ0n) is 9.87. The van der Waals surface area contributed by atoms with Crippen LogP contribution in [-0.4, -0.2) is 36.9 Å². The molecule has 0 radical (unpaired) electrons. The van der Waals surface area contributed by atoms with Crippen molar-refractivity contribution in [3.8, 4) is 0 Å². The second-order valence-corrected chi connectivity index (χ2v) is 4.63. The van der Waals surface area contributed by atoms with E-state index in [9.17, 15) is 9.59 Å². The zero-order valence-corrected chi connectivity index (χ0v) is 12.0. The van der Waals surface area contributed by atoms with Crippen LogP contribution in [0, 0.1) is 3.57 Å². The van der Waals surface area contributed by atoms with Gasteiger partial charge >= 0.3 is 0 Å². The van der Waals surface area contributed by atoms with E-state index in [1.165, 1.54) is 4.90 Å². The molecule has 0 aromatic heterocycles. The lowest BCUT2D eigenvalue weighted by Crippen LogP contribution is -2.39. The Bertz CT molecular complexity index is 421. The summed E-state index contributed by atoms with van der Waals surface area (Å²) < 4.78 is 0.894. The first-order chi connectivity index (χ1) is 8.10. The van der Waals surface area contributed by atoms with Crippen molar-refractivity contribution >= 4 is 34.4 Å². The van der Waals surface area contributed by atoms with E-state index in [0.717, 1.165) is 3.57 Å². The maximum atomic E-state index is 12.2. The van der Waals surface area contributed by atoms with Gasteiger partial charge in [-0.05, 0) is 41.6 Å². The summed E-state index contributed by atoms with van der Waals surface area (Å²) in [6.45, 7) is 2.46. The number of hydrogen-bond donors (Lipinski definition) is 1. The summed E-state index contributed by atoms with van der Waals surface area (Å²) in [7, 11) is 1.56. The fraction of sp³-hybridized carbons (Fsp3) is 0.333. The third-order valence-electron chi connectivity index (χ3n) is 2.39. The van der Waals surface area contributed by atoms with Crippen molar-refractivity contribution in [2.24, 2.45) is 0 Å². The molecular weight excluding hydrogens is 331 g/mol. The van der Waals surface area contributed by atoms with Gasteiger partial charge in [-0.25, -0.2) is 0 Å². The number of nitrogens with zero attached hydrogens (tertiary/aromatic N) is 1. The number of amides is 2. The van der Waals surface area contributed by atoms with Crippen LogP contribution in [0.15, 0.2) is 24.3 Å². The lowest BCUT2D eigenvalue weighted by Gasteiger charge is -2.20. The van der Waals surface area contributed by atoms with Crippen LogP contribution < -0.4 is 5.32 Å². The molecule has 1 aromatic rings. The molecular formula is C12H15IN2O2. The average Bonchev–Trinajstić information content (AvgIpc) is 2.35. The first kappa shape index (κ1) is 14.0. The van der Waals surface area contributed by atoms with Crippen molar-refractivity contribution in [3.63, 3.8) is 0 Å². The summed E-state index contributed by atoms with van der Waals surface area (Å²) in [4.78, 5) is 25.0. The highest BCUT2D eigenvalue weighted by molar-refractivity contribution is 14.1. The average molecular weight is 346 g/mol. The molecule has 0 saturated heterocycles. The molecule has 4 nitrogen and oxygen atoms in total. The summed E-state index contributed by atoms with van der Waals surface area (Å²) in [5, 5.41) is 2.52. The Morgan fingerprint density at radius 2 is 2.00 bits per heavy atom. The Morgan fingerprint density at radius 1 is 1.35 bits per heavy atom. The number of carbonyl (C=O) groups excluding carboxylic acids is 2. The van der Waals surface area contributed by atoms with Gasteiger partial charge in [0.2, 0.25) is 5.91 Å². The van der Waals surface area contributed by atoms with Crippen LogP contribution >= 0.6 is 22.6 Å². The predicted octanol–water partition coefficient (Wildman–Crippen LogP) is 1.50. The van der Waals surface area contributed by atoms with Crippen molar-refractivity contribution < 1.29 is 9.59 Å². The van der Waals surface area contributed by atoms with E-state index in [4.69, 9.17) is 0 Å². The normalized spacial score (nSPS) is 9.82. The molecule has 0 aliphatic carbocycles. The van der Waals surface area contributed by atoms with Crippen LogP contribution in [0.1, 0.15) is 17.3 Å². The Labute approximate surface area is 115 Å². The van der Waals surface area contributed by atoms with Crippen LogP contribution in [0.2, 0.25) is 0 Å². The van der Waals surface area contributed by atoms with E-state index < -0.39 is 0 Å². The number of nitrogens with one attached hydrogen (secondary N) is 1. The number of halogens is 1. The van der Waals surface area contributed by atoms with Gasteiger partial charge in [0.05, 0.1) is 12.1 Å². The van der Waals surface area contributed by atoms with E-state index in [1.807, 2.05) is 25.1 Å². The van der Waals surface area contributed by atoms with Crippen LogP contribution in [0.25, 0.3) is 0 Å². The Hall–Kier alpha value is -1.11. The maximum absolute atomic E-state index is 12.2. The minimum atomic E-state index is -0.161. The molecule has 1 N–H and O–H groups in total. The largest absolute Gasteiger partial charge is 0.358 e. The Morgan fingerprint density at radius 3 is 2.53 bits per heavy atom. The molecule has 1 aromatic carbocycles. The number of rotatable bonds is 4. The highest BCUT2D eigenvalue weighted by Crippen LogP contribution is 2.13. The van der Waals surface area contributed by atoms with Crippen LogP contribution in [0.4, 0.5) is 0 Å². The summed E-state index contributed by atoms with van der Waals surface area (Å²) in [6.07, 6.45) is 0. The molecule has 1 rings (SSSR count). The lowest BCUT2D eigenvalue weighted by molar-refractivity contribution is -0.121. The summed E-state index contributed by atoms with van der Waals surface area (Å²) in [5.41, 5.74) is 0.638. The van der Waals surface area contributed by atoms with Gasteiger partial charge in [0.25, 0.3) is 5.91 Å². The fourth-order valence-electron chi connectivity index (χ4n) is 1.38. The van der Waals surface area contributed by atoms with E-state index in [2.05, 4.69) is 27.9 Å². The van der Waals surface area contributed by atoms with Gasteiger partial charge < -0.3 is 10.2 Å². The van der Waals surface area contributed by atoms with Gasteiger partial charge in [-0.1, -0.05) is 12.1 Å². The number of benzene rings is 1. The molecule has 0 spiro atoms. The molecule has 17 heavy (non-hydrogen) atoms. The SMILES string of the molecule is CCN(CC(=O)NC)C(=O)c1ccccc1I. The minimum Gasteiger partial charge on any atom is -0.358 e. The molecule has 0 aliphatic rings. The molecule has 5 heteroatoms. The van der Waals surface area contributed by atoms with Crippen LogP contribution in [-0.2, 0) is 4.79 Å². The molecule has 92 valence electrons. The standard InChI is InChI=1S/C12H15IN2O2/c1-3-15(8-11(16)14-2)12(17)9-6-4-5-7-10(9)13/h4-7H,3,8H2,1-2H3,(H,14,16). The molecule has 2 amide bonds. The molecule has 0 bridgehead atoms. The van der Waals surface area contributed by atoms with E-state index in [1.54, 1.807) is 13.1 Å². The molecule has 0 saturated carbocycles. The molecule has 0 unspecified atom stereocenters. The smallest absolute Gasteiger partial charge is 0.255 e. The van der Waals surface area contributed by atoms with Gasteiger partial charge in [0, 0.05) is 17.2 Å². The third kappa shape index (κ3) is 3.69. The maximum Gasteiger partial charge on any atom is 0.255 e. The Balaban J connectivity index is 2.87. The monoisotopic (exact) mass is 346 g/mol. The summed E-state index contributed by atoms with van der Waals surface area (Å²) in [5.74, 6) is -0.271. The van der Waals surface area contributed by atoms with Crippen molar-refractivity contribution in [2.45, 2.75) is 6.92 Å². The van der Waals surface area contributed by atoms with Gasteiger partial charge in [0.1, 0.15) is 0 Å². The second kappa shape index (κ2) is 6.58. The zero-order chi connectivity index (χ0) is 12.8. The number of hydrogen-bond acceptors (Lipinski definition) is 2. The van der Waals surface area contributed by atoms with E-state index in [-0.39, 0.29) is 18.4 Å². The van der Waals surface area contributed by atoms with E-state index in [0.29, 0.717) is 12.1 Å². The van der Waals surface area contributed by atoms with Gasteiger partial charge in [-0.15, -0.1) is 0 Å². The molecule has 0 atom stereocenters.